The highest BCUT2D eigenvalue weighted by Crippen LogP contribution is 2.25. The second kappa shape index (κ2) is 13.8. The lowest BCUT2D eigenvalue weighted by Crippen LogP contribution is -2.42. The Balaban J connectivity index is 1.40. The molecule has 0 heterocycles. The summed E-state index contributed by atoms with van der Waals surface area (Å²) in [5.41, 5.74) is 1.89. The van der Waals surface area contributed by atoms with Crippen molar-refractivity contribution in [1.82, 2.24) is 0 Å². The number of para-hydroxylation sites is 1. The van der Waals surface area contributed by atoms with Crippen LogP contribution >= 0.6 is 0 Å². The van der Waals surface area contributed by atoms with E-state index in [1.165, 1.54) is 17.0 Å². The Morgan fingerprint density at radius 2 is 1.56 bits per heavy atom. The van der Waals surface area contributed by atoms with E-state index in [1.54, 1.807) is 106 Å². The Morgan fingerprint density at radius 3 is 2.21 bits per heavy atom. The van der Waals surface area contributed by atoms with E-state index in [1.807, 2.05) is 6.07 Å². The number of nitrogens with one attached hydrogen (secondary N) is 1. The normalized spacial score (nSPS) is 11.8. The molecule has 0 aliphatic rings. The van der Waals surface area contributed by atoms with E-state index in [2.05, 4.69) is 5.32 Å². The van der Waals surface area contributed by atoms with Crippen LogP contribution in [0.3, 0.4) is 0 Å². The standard InChI is InChI=1S/C35H35FN2O5/c1-35(2,3)34(42)38(27-13-9-12-26(36)23-27)20-21-43-28-18-16-24(17-19-28)22-31(33(40)41)37-30-15-8-7-14-29(30)32(39)25-10-5-4-6-11-25/h4-19,23,31,37H,20-22H2,1-3H3,(H,40,41)/t31-/m0/s1. The third kappa shape index (κ3) is 8.29. The van der Waals surface area contributed by atoms with Gasteiger partial charge in [0.2, 0.25) is 5.91 Å². The maximum Gasteiger partial charge on any atom is 0.326 e. The average molecular weight is 583 g/mol. The lowest BCUT2D eigenvalue weighted by atomic mass is 9.94. The van der Waals surface area contributed by atoms with Crippen molar-refractivity contribution in [1.29, 1.82) is 0 Å². The number of nitrogens with zero attached hydrogens (tertiary/aromatic N) is 1. The molecular formula is C35H35FN2O5. The van der Waals surface area contributed by atoms with Crippen molar-refractivity contribution in [2.24, 2.45) is 5.41 Å². The van der Waals surface area contributed by atoms with E-state index in [0.717, 1.165) is 5.56 Å². The highest BCUT2D eigenvalue weighted by atomic mass is 19.1. The zero-order valence-electron chi connectivity index (χ0n) is 24.4. The number of benzene rings is 4. The minimum absolute atomic E-state index is 0.156. The number of rotatable bonds is 12. The predicted molar refractivity (Wildman–Crippen MR) is 165 cm³/mol. The van der Waals surface area contributed by atoms with E-state index >= 15 is 0 Å². The fourth-order valence-corrected chi connectivity index (χ4v) is 4.55. The third-order valence-corrected chi connectivity index (χ3v) is 6.79. The molecule has 0 spiro atoms. The SMILES string of the molecule is CC(C)(C)C(=O)N(CCOc1ccc(C[C@H](Nc2ccccc2C(=O)c2ccccc2)C(=O)O)cc1)c1cccc(F)c1. The number of ether oxygens (including phenoxy) is 1. The van der Waals surface area contributed by atoms with Crippen molar-refractivity contribution in [2.45, 2.75) is 33.2 Å². The Kier molecular flexibility index (Phi) is 9.93. The molecule has 0 saturated carbocycles. The van der Waals surface area contributed by atoms with Crippen LogP contribution in [-0.4, -0.2) is 42.0 Å². The maximum absolute atomic E-state index is 13.9. The summed E-state index contributed by atoms with van der Waals surface area (Å²) in [6.07, 6.45) is 0.164. The van der Waals surface area contributed by atoms with Gasteiger partial charge in [-0.1, -0.05) is 81.4 Å². The molecule has 0 bridgehead atoms. The number of carbonyl (C=O) groups is 3. The molecule has 1 amide bonds. The van der Waals surface area contributed by atoms with Crippen LogP contribution < -0.4 is 15.0 Å². The minimum Gasteiger partial charge on any atom is -0.492 e. The molecule has 2 N–H and O–H groups in total. The van der Waals surface area contributed by atoms with Crippen molar-refractivity contribution in [3.05, 3.63) is 126 Å². The number of halogens is 1. The first-order chi connectivity index (χ1) is 20.5. The molecular weight excluding hydrogens is 547 g/mol. The van der Waals surface area contributed by atoms with Crippen LogP contribution in [0.4, 0.5) is 15.8 Å². The Bertz CT molecular complexity index is 1570. The summed E-state index contributed by atoms with van der Waals surface area (Å²) in [4.78, 5) is 39.8. The number of anilines is 2. The quantitative estimate of drug-likeness (QED) is 0.182. The van der Waals surface area contributed by atoms with Crippen LogP contribution in [0.15, 0.2) is 103 Å². The Hall–Kier alpha value is -4.98. The van der Waals surface area contributed by atoms with Crippen LogP contribution in [0.2, 0.25) is 0 Å². The van der Waals surface area contributed by atoms with E-state index in [-0.39, 0.29) is 31.3 Å². The zero-order valence-corrected chi connectivity index (χ0v) is 24.4. The predicted octanol–water partition coefficient (Wildman–Crippen LogP) is 6.62. The highest BCUT2D eigenvalue weighted by molar-refractivity contribution is 6.12. The first-order valence-corrected chi connectivity index (χ1v) is 14.0. The Labute approximate surface area is 250 Å². The maximum atomic E-state index is 13.9. The second-order valence-corrected chi connectivity index (χ2v) is 11.2. The molecule has 0 unspecified atom stereocenters. The number of hydrogen-bond acceptors (Lipinski definition) is 5. The first-order valence-electron chi connectivity index (χ1n) is 14.0. The number of ketones is 1. The van der Waals surface area contributed by atoms with Gasteiger partial charge in [0.1, 0.15) is 24.2 Å². The van der Waals surface area contributed by atoms with Crippen LogP contribution in [0.1, 0.15) is 42.3 Å². The number of hydrogen-bond donors (Lipinski definition) is 2. The fraction of sp³-hybridized carbons (Fsp3) is 0.229. The van der Waals surface area contributed by atoms with Gasteiger partial charge in [0.05, 0.1) is 6.54 Å². The molecule has 0 saturated heterocycles. The summed E-state index contributed by atoms with van der Waals surface area (Å²) in [5.74, 6) is -1.29. The van der Waals surface area contributed by atoms with Gasteiger partial charge in [0.25, 0.3) is 0 Å². The molecule has 4 rings (SSSR count). The average Bonchev–Trinajstić information content (AvgIpc) is 2.99. The Morgan fingerprint density at radius 1 is 0.884 bits per heavy atom. The van der Waals surface area contributed by atoms with Crippen molar-refractivity contribution in [3.63, 3.8) is 0 Å². The summed E-state index contributed by atoms with van der Waals surface area (Å²) in [6, 6.07) is 27.6. The molecule has 0 aliphatic heterocycles. The second-order valence-electron chi connectivity index (χ2n) is 11.2. The molecule has 4 aromatic rings. The van der Waals surface area contributed by atoms with Gasteiger partial charge in [-0.25, -0.2) is 9.18 Å². The molecule has 0 aliphatic carbocycles. The molecule has 4 aromatic carbocycles. The number of carboxylic acids is 1. The van der Waals surface area contributed by atoms with Gasteiger partial charge in [-0.2, -0.15) is 0 Å². The summed E-state index contributed by atoms with van der Waals surface area (Å²) >= 11 is 0. The van der Waals surface area contributed by atoms with Crippen LogP contribution in [-0.2, 0) is 16.0 Å². The topological polar surface area (TPSA) is 95.9 Å². The minimum atomic E-state index is -1.05. The van der Waals surface area contributed by atoms with Gasteiger partial charge in [0, 0.05) is 34.3 Å². The van der Waals surface area contributed by atoms with Gasteiger partial charge < -0.3 is 20.1 Å². The molecule has 7 nitrogen and oxygen atoms in total. The summed E-state index contributed by atoms with van der Waals surface area (Å²) in [6.45, 7) is 5.80. The number of carbonyl (C=O) groups excluding carboxylic acids is 2. The van der Waals surface area contributed by atoms with Crippen LogP contribution in [0, 0.1) is 11.2 Å². The lowest BCUT2D eigenvalue weighted by molar-refractivity contribution is -0.137. The van der Waals surface area contributed by atoms with Crippen LogP contribution in [0.5, 0.6) is 5.75 Å². The summed E-state index contributed by atoms with van der Waals surface area (Å²) in [7, 11) is 0. The summed E-state index contributed by atoms with van der Waals surface area (Å²) in [5, 5.41) is 13.0. The van der Waals surface area contributed by atoms with Crippen molar-refractivity contribution in [3.8, 4) is 5.75 Å². The highest BCUT2D eigenvalue weighted by Gasteiger charge is 2.28. The number of carboxylic acid groups (broad SMARTS) is 1. The van der Waals surface area contributed by atoms with Gasteiger partial charge in [-0.3, -0.25) is 9.59 Å². The molecule has 0 radical (unpaired) electrons. The third-order valence-electron chi connectivity index (χ3n) is 6.79. The van der Waals surface area contributed by atoms with Crippen molar-refractivity contribution in [2.75, 3.05) is 23.4 Å². The molecule has 0 aromatic heterocycles. The molecule has 1 atom stereocenters. The van der Waals surface area contributed by atoms with E-state index in [9.17, 15) is 23.9 Å². The van der Waals surface area contributed by atoms with E-state index < -0.39 is 23.2 Å². The van der Waals surface area contributed by atoms with Crippen molar-refractivity contribution < 1.29 is 28.6 Å². The molecule has 0 fully saturated rings. The van der Waals surface area contributed by atoms with E-state index in [4.69, 9.17) is 4.74 Å². The van der Waals surface area contributed by atoms with E-state index in [0.29, 0.717) is 28.3 Å². The van der Waals surface area contributed by atoms with Crippen molar-refractivity contribution >= 4 is 29.0 Å². The fourth-order valence-electron chi connectivity index (χ4n) is 4.55. The van der Waals surface area contributed by atoms with Gasteiger partial charge in [-0.05, 0) is 48.0 Å². The van der Waals surface area contributed by atoms with Gasteiger partial charge >= 0.3 is 5.97 Å². The smallest absolute Gasteiger partial charge is 0.326 e. The van der Waals surface area contributed by atoms with Crippen LogP contribution in [0.25, 0.3) is 0 Å². The monoisotopic (exact) mass is 582 g/mol. The largest absolute Gasteiger partial charge is 0.492 e. The number of amides is 1. The summed E-state index contributed by atoms with van der Waals surface area (Å²) < 4.78 is 19.8. The van der Waals surface area contributed by atoms with Gasteiger partial charge in [0.15, 0.2) is 5.78 Å². The molecule has 43 heavy (non-hydrogen) atoms. The van der Waals surface area contributed by atoms with Gasteiger partial charge in [-0.15, -0.1) is 0 Å². The molecule has 222 valence electrons. The first kappa shape index (κ1) is 31.0. The zero-order chi connectivity index (χ0) is 31.0. The lowest BCUT2D eigenvalue weighted by Gasteiger charge is -2.29. The number of aliphatic carboxylic acids is 1. The molecule has 8 heteroatoms.